The van der Waals surface area contributed by atoms with Crippen molar-refractivity contribution in [3.63, 3.8) is 0 Å². The molecule has 0 aliphatic rings. The van der Waals surface area contributed by atoms with Crippen molar-refractivity contribution in [2.75, 3.05) is 0 Å². The Morgan fingerprint density at radius 2 is 2.06 bits per heavy atom. The minimum absolute atomic E-state index is 0.134. The summed E-state index contributed by atoms with van der Waals surface area (Å²) in [6.45, 7) is 5.70. The van der Waals surface area contributed by atoms with Crippen LogP contribution in [0, 0.1) is 26.6 Å². The number of oxazole rings is 1. The molecular weight excluding hydrogens is 221 g/mol. The number of nitrogens with zero attached hydrogens (tertiary/aromatic N) is 1. The summed E-state index contributed by atoms with van der Waals surface area (Å²) >= 11 is 0. The molecule has 0 spiro atoms. The number of ether oxygens (including phenoxy) is 1. The number of aromatic nitrogens is 1. The first-order chi connectivity index (χ1) is 8.06. The van der Waals surface area contributed by atoms with Crippen molar-refractivity contribution >= 4 is 0 Å². The molecule has 90 valence electrons. The Bertz CT molecular complexity index is 515. The molecule has 2 aromatic rings. The van der Waals surface area contributed by atoms with Crippen LogP contribution in [0.15, 0.2) is 22.6 Å². The van der Waals surface area contributed by atoms with Gasteiger partial charge in [-0.15, -0.1) is 0 Å². The van der Waals surface area contributed by atoms with E-state index in [2.05, 4.69) is 4.98 Å². The summed E-state index contributed by atoms with van der Waals surface area (Å²) in [5.41, 5.74) is 1.77. The van der Waals surface area contributed by atoms with Crippen LogP contribution in [0.2, 0.25) is 0 Å². The van der Waals surface area contributed by atoms with Gasteiger partial charge in [0.05, 0.1) is 5.69 Å². The van der Waals surface area contributed by atoms with Gasteiger partial charge >= 0.3 is 0 Å². The highest BCUT2D eigenvalue weighted by Gasteiger charge is 2.08. The summed E-state index contributed by atoms with van der Waals surface area (Å²) in [5.74, 6) is 1.06. The molecule has 0 aliphatic heterocycles. The molecule has 4 heteroatoms. The number of halogens is 1. The van der Waals surface area contributed by atoms with Crippen LogP contribution in [-0.2, 0) is 6.61 Å². The van der Waals surface area contributed by atoms with E-state index in [9.17, 15) is 4.39 Å². The minimum Gasteiger partial charge on any atom is -0.481 e. The minimum atomic E-state index is -0.379. The summed E-state index contributed by atoms with van der Waals surface area (Å²) in [7, 11) is 0. The fraction of sp³-hybridized carbons (Fsp3) is 0.308. The molecule has 0 atom stereocenters. The molecule has 0 unspecified atom stereocenters. The third-order valence-corrected chi connectivity index (χ3v) is 2.51. The van der Waals surface area contributed by atoms with Gasteiger partial charge in [-0.3, -0.25) is 0 Å². The van der Waals surface area contributed by atoms with Crippen LogP contribution in [0.1, 0.15) is 22.9 Å². The summed E-state index contributed by atoms with van der Waals surface area (Å²) in [6, 6.07) is 4.73. The molecule has 0 N–H and O–H groups in total. The van der Waals surface area contributed by atoms with Gasteiger partial charge in [0.15, 0.2) is 18.2 Å². The van der Waals surface area contributed by atoms with Crippen LogP contribution < -0.4 is 4.74 Å². The maximum Gasteiger partial charge on any atom is 0.232 e. The highest BCUT2D eigenvalue weighted by atomic mass is 19.1. The standard InChI is InChI=1S/C13H14FNO2/c1-8-4-5-11(14)12(6-8)16-7-13-15-9(2)10(3)17-13/h4-6H,7H2,1-3H3. The Balaban J connectivity index is 2.09. The Morgan fingerprint density at radius 3 is 2.71 bits per heavy atom. The maximum absolute atomic E-state index is 13.4. The third kappa shape index (κ3) is 2.64. The summed E-state index contributed by atoms with van der Waals surface area (Å²) in [4.78, 5) is 4.16. The van der Waals surface area contributed by atoms with Crippen LogP contribution in [0.25, 0.3) is 0 Å². The fourth-order valence-corrected chi connectivity index (χ4v) is 1.46. The molecule has 0 aliphatic carbocycles. The maximum atomic E-state index is 13.4. The average molecular weight is 235 g/mol. The van der Waals surface area contributed by atoms with Crippen LogP contribution in [-0.4, -0.2) is 4.98 Å². The van der Waals surface area contributed by atoms with Crippen LogP contribution in [0.3, 0.4) is 0 Å². The highest BCUT2D eigenvalue weighted by molar-refractivity contribution is 5.29. The first-order valence-corrected chi connectivity index (χ1v) is 5.38. The largest absolute Gasteiger partial charge is 0.481 e. The van der Waals surface area contributed by atoms with Gasteiger partial charge in [-0.25, -0.2) is 9.37 Å². The normalized spacial score (nSPS) is 10.6. The molecule has 0 bridgehead atoms. The Morgan fingerprint density at radius 1 is 1.29 bits per heavy atom. The second kappa shape index (κ2) is 4.57. The smallest absolute Gasteiger partial charge is 0.232 e. The average Bonchev–Trinajstić information content (AvgIpc) is 2.60. The van der Waals surface area contributed by atoms with Crippen molar-refractivity contribution in [3.8, 4) is 5.75 Å². The number of benzene rings is 1. The van der Waals surface area contributed by atoms with E-state index in [-0.39, 0.29) is 18.2 Å². The van der Waals surface area contributed by atoms with Crippen molar-refractivity contribution in [1.82, 2.24) is 4.98 Å². The molecule has 0 saturated heterocycles. The monoisotopic (exact) mass is 235 g/mol. The Kier molecular flexibility index (Phi) is 3.13. The van der Waals surface area contributed by atoms with Crippen molar-refractivity contribution in [1.29, 1.82) is 0 Å². The molecule has 0 radical (unpaired) electrons. The zero-order valence-corrected chi connectivity index (χ0v) is 10.1. The first-order valence-electron chi connectivity index (χ1n) is 5.38. The molecule has 1 heterocycles. The van der Waals surface area contributed by atoms with Crippen LogP contribution >= 0.6 is 0 Å². The molecule has 1 aromatic heterocycles. The number of hydrogen-bond donors (Lipinski definition) is 0. The van der Waals surface area contributed by atoms with Gasteiger partial charge in [-0.1, -0.05) is 6.07 Å². The lowest BCUT2D eigenvalue weighted by Gasteiger charge is -2.05. The predicted octanol–water partition coefficient (Wildman–Crippen LogP) is 3.32. The molecule has 0 amide bonds. The van der Waals surface area contributed by atoms with Crippen molar-refractivity contribution < 1.29 is 13.5 Å². The SMILES string of the molecule is Cc1ccc(F)c(OCc2nc(C)c(C)o2)c1. The zero-order valence-electron chi connectivity index (χ0n) is 10.1. The van der Waals surface area contributed by atoms with E-state index in [0.717, 1.165) is 17.0 Å². The number of hydrogen-bond acceptors (Lipinski definition) is 3. The van der Waals surface area contributed by atoms with Gasteiger partial charge in [0.1, 0.15) is 5.76 Å². The van der Waals surface area contributed by atoms with Gasteiger partial charge in [-0.05, 0) is 38.5 Å². The van der Waals surface area contributed by atoms with E-state index < -0.39 is 0 Å². The molecule has 1 aromatic carbocycles. The van der Waals surface area contributed by atoms with Crippen molar-refractivity contribution in [3.05, 3.63) is 46.9 Å². The van der Waals surface area contributed by atoms with E-state index in [1.165, 1.54) is 6.07 Å². The van der Waals surface area contributed by atoms with Gasteiger partial charge < -0.3 is 9.15 Å². The second-order valence-corrected chi connectivity index (χ2v) is 3.97. The topological polar surface area (TPSA) is 35.3 Å². The third-order valence-electron chi connectivity index (χ3n) is 2.51. The predicted molar refractivity (Wildman–Crippen MR) is 61.4 cm³/mol. The first kappa shape index (κ1) is 11.6. The summed E-state index contributed by atoms with van der Waals surface area (Å²) in [6.07, 6.45) is 0. The zero-order chi connectivity index (χ0) is 12.4. The lowest BCUT2D eigenvalue weighted by molar-refractivity contribution is 0.249. The van der Waals surface area contributed by atoms with Gasteiger partial charge in [0.25, 0.3) is 0 Å². The molecule has 3 nitrogen and oxygen atoms in total. The quantitative estimate of drug-likeness (QED) is 0.818. The van der Waals surface area contributed by atoms with E-state index in [1.807, 2.05) is 20.8 Å². The Labute approximate surface area is 99.2 Å². The van der Waals surface area contributed by atoms with E-state index in [0.29, 0.717) is 5.89 Å². The van der Waals surface area contributed by atoms with E-state index in [4.69, 9.17) is 9.15 Å². The Hall–Kier alpha value is -1.84. The highest BCUT2D eigenvalue weighted by Crippen LogP contribution is 2.20. The van der Waals surface area contributed by atoms with E-state index in [1.54, 1.807) is 12.1 Å². The summed E-state index contributed by atoms with van der Waals surface area (Å²) in [5, 5.41) is 0. The second-order valence-electron chi connectivity index (χ2n) is 3.97. The van der Waals surface area contributed by atoms with Crippen molar-refractivity contribution in [2.45, 2.75) is 27.4 Å². The van der Waals surface area contributed by atoms with Gasteiger partial charge in [0.2, 0.25) is 5.89 Å². The van der Waals surface area contributed by atoms with Gasteiger partial charge in [0, 0.05) is 0 Å². The lowest BCUT2D eigenvalue weighted by Crippen LogP contribution is -1.98. The number of rotatable bonds is 3. The van der Waals surface area contributed by atoms with Gasteiger partial charge in [-0.2, -0.15) is 0 Å². The number of aryl methyl sites for hydroxylation is 3. The molecule has 0 saturated carbocycles. The molecular formula is C13H14FNO2. The molecule has 2 rings (SSSR count). The molecule has 0 fully saturated rings. The fourth-order valence-electron chi connectivity index (χ4n) is 1.46. The summed E-state index contributed by atoms with van der Waals surface area (Å²) < 4.78 is 24.1. The molecule has 17 heavy (non-hydrogen) atoms. The van der Waals surface area contributed by atoms with Crippen molar-refractivity contribution in [2.24, 2.45) is 0 Å². The van der Waals surface area contributed by atoms with Crippen LogP contribution in [0.5, 0.6) is 5.75 Å². The lowest BCUT2D eigenvalue weighted by atomic mass is 10.2. The van der Waals surface area contributed by atoms with E-state index >= 15 is 0 Å². The van der Waals surface area contributed by atoms with Crippen LogP contribution in [0.4, 0.5) is 4.39 Å².